The van der Waals surface area contributed by atoms with E-state index in [-0.39, 0.29) is 0 Å². The minimum Gasteiger partial charge on any atom is -0.497 e. The molecule has 0 amide bonds. The molecule has 0 aliphatic heterocycles. The van der Waals surface area contributed by atoms with Gasteiger partial charge in [-0.1, -0.05) is 36.4 Å². The molecule has 114 valence electrons. The minimum absolute atomic E-state index is 0.414. The summed E-state index contributed by atoms with van der Waals surface area (Å²) in [7, 11) is 4.51. The maximum absolute atomic E-state index is 12.0. The SMILES string of the molecule is COC(=O)c1c(/C=C/c2ccc(OC)cc2)cccc1OC. The first kappa shape index (κ1) is 15.6. The standard InChI is InChI=1S/C18H18O4/c1-20-15-11-8-13(9-12-15)7-10-14-5-4-6-16(21-2)17(14)18(19)22-3/h4-12H,1-3H3/b10-7+. The van der Waals surface area contributed by atoms with Crippen molar-refractivity contribution in [1.29, 1.82) is 0 Å². The van der Waals surface area contributed by atoms with Crippen molar-refractivity contribution in [2.45, 2.75) is 0 Å². The summed E-state index contributed by atoms with van der Waals surface area (Å²) < 4.78 is 15.2. The molecule has 2 aromatic carbocycles. The molecule has 4 heteroatoms. The topological polar surface area (TPSA) is 44.8 Å². The van der Waals surface area contributed by atoms with E-state index < -0.39 is 5.97 Å². The number of carbonyl (C=O) groups is 1. The number of esters is 1. The monoisotopic (exact) mass is 298 g/mol. The Morgan fingerprint density at radius 3 is 2.23 bits per heavy atom. The molecular weight excluding hydrogens is 280 g/mol. The molecule has 0 spiro atoms. The van der Waals surface area contributed by atoms with E-state index in [4.69, 9.17) is 14.2 Å². The molecule has 0 radical (unpaired) electrons. The third-order valence-electron chi connectivity index (χ3n) is 3.24. The van der Waals surface area contributed by atoms with Crippen LogP contribution in [0, 0.1) is 0 Å². The van der Waals surface area contributed by atoms with Gasteiger partial charge in [-0.2, -0.15) is 0 Å². The number of ether oxygens (including phenoxy) is 3. The smallest absolute Gasteiger partial charge is 0.342 e. The lowest BCUT2D eigenvalue weighted by Crippen LogP contribution is -2.06. The Hall–Kier alpha value is -2.75. The van der Waals surface area contributed by atoms with Crippen LogP contribution in [0.3, 0.4) is 0 Å². The number of hydrogen-bond donors (Lipinski definition) is 0. The van der Waals surface area contributed by atoms with Crippen molar-refractivity contribution < 1.29 is 19.0 Å². The van der Waals surface area contributed by atoms with Gasteiger partial charge >= 0.3 is 5.97 Å². The molecule has 0 unspecified atom stereocenters. The predicted octanol–water partition coefficient (Wildman–Crippen LogP) is 3.66. The molecule has 2 aromatic rings. The number of hydrogen-bond acceptors (Lipinski definition) is 4. The van der Waals surface area contributed by atoms with E-state index in [0.717, 1.165) is 16.9 Å². The molecule has 2 rings (SSSR count). The van der Waals surface area contributed by atoms with Crippen LogP contribution >= 0.6 is 0 Å². The molecule has 0 saturated carbocycles. The maximum Gasteiger partial charge on any atom is 0.342 e. The van der Waals surface area contributed by atoms with Crippen LogP contribution in [0.15, 0.2) is 42.5 Å². The average Bonchev–Trinajstić information content (AvgIpc) is 2.59. The largest absolute Gasteiger partial charge is 0.497 e. The Bertz CT molecular complexity index is 672. The molecule has 0 saturated heterocycles. The van der Waals surface area contributed by atoms with Crippen LogP contribution in [0.5, 0.6) is 11.5 Å². The first-order valence-electron chi connectivity index (χ1n) is 6.77. The molecule has 0 N–H and O–H groups in total. The summed E-state index contributed by atoms with van der Waals surface area (Å²) in [4.78, 5) is 12.0. The summed E-state index contributed by atoms with van der Waals surface area (Å²) in [6, 6.07) is 13.0. The third-order valence-corrected chi connectivity index (χ3v) is 3.24. The summed E-state index contributed by atoms with van der Waals surface area (Å²) in [5.41, 5.74) is 2.15. The number of rotatable bonds is 5. The maximum atomic E-state index is 12.0. The molecular formula is C18H18O4. The fourth-order valence-corrected chi connectivity index (χ4v) is 2.08. The Morgan fingerprint density at radius 2 is 1.64 bits per heavy atom. The first-order chi connectivity index (χ1) is 10.7. The second kappa shape index (κ2) is 7.31. The van der Waals surface area contributed by atoms with Gasteiger partial charge < -0.3 is 14.2 Å². The van der Waals surface area contributed by atoms with E-state index >= 15 is 0 Å². The van der Waals surface area contributed by atoms with Gasteiger partial charge in [0.1, 0.15) is 17.1 Å². The zero-order valence-corrected chi connectivity index (χ0v) is 12.8. The number of methoxy groups -OCH3 is 3. The van der Waals surface area contributed by atoms with Gasteiger partial charge in [-0.15, -0.1) is 0 Å². The summed E-state index contributed by atoms with van der Waals surface area (Å²) >= 11 is 0. The molecule has 22 heavy (non-hydrogen) atoms. The second-order valence-electron chi connectivity index (χ2n) is 4.52. The van der Waals surface area contributed by atoms with Crippen LogP contribution in [0.2, 0.25) is 0 Å². The molecule has 0 fully saturated rings. The highest BCUT2D eigenvalue weighted by molar-refractivity contribution is 5.97. The Labute approximate surface area is 129 Å². The van der Waals surface area contributed by atoms with Gasteiger partial charge in [0.25, 0.3) is 0 Å². The quantitative estimate of drug-likeness (QED) is 0.624. The molecule has 0 atom stereocenters. The zero-order chi connectivity index (χ0) is 15.9. The van der Waals surface area contributed by atoms with Crippen molar-refractivity contribution in [1.82, 2.24) is 0 Å². The van der Waals surface area contributed by atoms with Crippen LogP contribution < -0.4 is 9.47 Å². The van der Waals surface area contributed by atoms with Crippen molar-refractivity contribution >= 4 is 18.1 Å². The molecule has 0 aromatic heterocycles. The van der Waals surface area contributed by atoms with Gasteiger partial charge in [0.2, 0.25) is 0 Å². The van der Waals surface area contributed by atoms with Crippen LogP contribution in [-0.4, -0.2) is 27.3 Å². The number of carbonyl (C=O) groups excluding carboxylic acids is 1. The molecule has 0 bridgehead atoms. The van der Waals surface area contributed by atoms with Crippen molar-refractivity contribution in [3.05, 3.63) is 59.2 Å². The van der Waals surface area contributed by atoms with Crippen molar-refractivity contribution in [3.63, 3.8) is 0 Å². The van der Waals surface area contributed by atoms with Crippen LogP contribution in [0.4, 0.5) is 0 Å². The van der Waals surface area contributed by atoms with E-state index in [1.165, 1.54) is 14.2 Å². The summed E-state index contributed by atoms with van der Waals surface area (Å²) in [5, 5.41) is 0. The van der Waals surface area contributed by atoms with E-state index in [1.54, 1.807) is 13.2 Å². The highest BCUT2D eigenvalue weighted by atomic mass is 16.5. The molecule has 0 aliphatic rings. The highest BCUT2D eigenvalue weighted by Crippen LogP contribution is 2.25. The molecule has 0 heterocycles. The molecule has 0 aliphatic carbocycles. The van der Waals surface area contributed by atoms with E-state index in [9.17, 15) is 4.79 Å². The van der Waals surface area contributed by atoms with Crippen LogP contribution in [0.1, 0.15) is 21.5 Å². The summed E-state index contributed by atoms with van der Waals surface area (Å²) in [6.07, 6.45) is 3.78. The van der Waals surface area contributed by atoms with Crippen LogP contribution in [0.25, 0.3) is 12.2 Å². The van der Waals surface area contributed by atoms with Gasteiger partial charge in [0.05, 0.1) is 21.3 Å². The van der Waals surface area contributed by atoms with Gasteiger partial charge in [0, 0.05) is 0 Å². The number of benzene rings is 2. The highest BCUT2D eigenvalue weighted by Gasteiger charge is 2.16. The Kier molecular flexibility index (Phi) is 5.20. The predicted molar refractivity (Wildman–Crippen MR) is 86.3 cm³/mol. The van der Waals surface area contributed by atoms with Gasteiger partial charge in [0.15, 0.2) is 0 Å². The van der Waals surface area contributed by atoms with Crippen molar-refractivity contribution in [2.24, 2.45) is 0 Å². The first-order valence-corrected chi connectivity index (χ1v) is 6.77. The van der Waals surface area contributed by atoms with Gasteiger partial charge in [-0.25, -0.2) is 4.79 Å². The van der Waals surface area contributed by atoms with Gasteiger partial charge in [-0.05, 0) is 29.3 Å². The Balaban J connectivity index is 2.35. The summed E-state index contributed by atoms with van der Waals surface area (Å²) in [6.45, 7) is 0. The lowest BCUT2D eigenvalue weighted by atomic mass is 10.0. The van der Waals surface area contributed by atoms with Crippen LogP contribution in [-0.2, 0) is 4.74 Å². The zero-order valence-electron chi connectivity index (χ0n) is 12.8. The van der Waals surface area contributed by atoms with E-state index in [1.807, 2.05) is 48.6 Å². The fourth-order valence-electron chi connectivity index (χ4n) is 2.08. The fraction of sp³-hybridized carbons (Fsp3) is 0.167. The lowest BCUT2D eigenvalue weighted by Gasteiger charge is -2.09. The van der Waals surface area contributed by atoms with Gasteiger partial charge in [-0.3, -0.25) is 0 Å². The van der Waals surface area contributed by atoms with E-state index in [2.05, 4.69) is 0 Å². The minimum atomic E-state index is -0.424. The Morgan fingerprint density at radius 1 is 0.909 bits per heavy atom. The summed E-state index contributed by atoms with van der Waals surface area (Å²) in [5.74, 6) is 0.865. The second-order valence-corrected chi connectivity index (χ2v) is 4.52. The van der Waals surface area contributed by atoms with Crippen molar-refractivity contribution in [2.75, 3.05) is 21.3 Å². The normalized spacial score (nSPS) is 10.5. The lowest BCUT2D eigenvalue weighted by molar-refractivity contribution is 0.0597. The van der Waals surface area contributed by atoms with E-state index in [0.29, 0.717) is 11.3 Å². The average molecular weight is 298 g/mol. The third kappa shape index (κ3) is 3.47. The molecule has 4 nitrogen and oxygen atoms in total. The van der Waals surface area contributed by atoms with Crippen molar-refractivity contribution in [3.8, 4) is 11.5 Å².